The van der Waals surface area contributed by atoms with Crippen molar-refractivity contribution in [2.75, 3.05) is 7.11 Å². The summed E-state index contributed by atoms with van der Waals surface area (Å²) in [6.45, 7) is 1.25. The van der Waals surface area contributed by atoms with Gasteiger partial charge in [-0.2, -0.15) is 0 Å². The van der Waals surface area contributed by atoms with Gasteiger partial charge in [0.2, 0.25) is 0 Å². The molecule has 9 heteroatoms. The molecule has 1 amide bonds. The number of nitrogens with two attached hydrogens (primary N) is 1. The number of non-ortho nitro benzene ring substituents is 1. The molecule has 0 radical (unpaired) electrons. The number of hydrogen-bond donors (Lipinski definition) is 1. The van der Waals surface area contributed by atoms with Crippen LogP contribution in [0.25, 0.3) is 0 Å². The molecule has 0 aliphatic rings. The maximum atomic E-state index is 11.8. The number of ether oxygens (including phenoxy) is 2. The first-order valence-corrected chi connectivity index (χ1v) is 5.64. The van der Waals surface area contributed by atoms with Crippen molar-refractivity contribution >= 4 is 23.5 Å². The van der Waals surface area contributed by atoms with Gasteiger partial charge < -0.3 is 15.2 Å². The highest BCUT2D eigenvalue weighted by molar-refractivity contribution is 5.97. The van der Waals surface area contributed by atoms with Gasteiger partial charge in [-0.3, -0.25) is 14.9 Å². The summed E-state index contributed by atoms with van der Waals surface area (Å²) in [5, 5.41) is 10.8. The summed E-state index contributed by atoms with van der Waals surface area (Å²) in [5.74, 6) is -2.74. The van der Waals surface area contributed by atoms with Crippen LogP contribution in [0.3, 0.4) is 0 Å². The van der Waals surface area contributed by atoms with Crippen LogP contribution in [0.4, 0.5) is 5.69 Å². The van der Waals surface area contributed by atoms with Gasteiger partial charge in [0.1, 0.15) is 0 Å². The number of esters is 2. The van der Waals surface area contributed by atoms with E-state index in [2.05, 4.69) is 4.74 Å². The number of nitro groups is 1. The first kappa shape index (κ1) is 16.1. The Morgan fingerprint density at radius 2 is 1.71 bits per heavy atom. The molecule has 0 fully saturated rings. The number of rotatable bonds is 5. The van der Waals surface area contributed by atoms with Crippen LogP contribution >= 0.6 is 0 Å². The summed E-state index contributed by atoms with van der Waals surface area (Å²) < 4.78 is 9.15. The standard InChI is InChI=1S/C12H12N2O7/c1-6(10(13)15)21-12(17)8-3-7(11(16)20-2)4-9(5-8)14(18)19/h3-6H,1-2H3,(H2,13,15)/t6-/m0/s1. The van der Waals surface area contributed by atoms with E-state index in [4.69, 9.17) is 10.5 Å². The van der Waals surface area contributed by atoms with E-state index in [1.165, 1.54) is 6.92 Å². The molecule has 0 bridgehead atoms. The van der Waals surface area contributed by atoms with Gasteiger partial charge in [0.25, 0.3) is 11.6 Å². The van der Waals surface area contributed by atoms with E-state index in [0.29, 0.717) is 0 Å². The fraction of sp³-hybridized carbons (Fsp3) is 0.250. The molecule has 112 valence electrons. The van der Waals surface area contributed by atoms with Crippen molar-refractivity contribution in [3.63, 3.8) is 0 Å². The average molecular weight is 296 g/mol. The van der Waals surface area contributed by atoms with Crippen LogP contribution in [0.5, 0.6) is 0 Å². The Kier molecular flexibility index (Phi) is 4.95. The number of hydrogen-bond acceptors (Lipinski definition) is 7. The molecule has 2 N–H and O–H groups in total. The van der Waals surface area contributed by atoms with Crippen LogP contribution < -0.4 is 5.73 Å². The normalized spacial score (nSPS) is 11.3. The summed E-state index contributed by atoms with van der Waals surface area (Å²) in [6, 6.07) is 2.94. The summed E-state index contributed by atoms with van der Waals surface area (Å²) in [5.41, 5.74) is 4.00. The molecule has 0 aliphatic carbocycles. The monoisotopic (exact) mass is 296 g/mol. The molecule has 1 aromatic rings. The van der Waals surface area contributed by atoms with Crippen LogP contribution in [-0.4, -0.2) is 36.0 Å². The summed E-state index contributed by atoms with van der Waals surface area (Å²) >= 11 is 0. The molecule has 0 unspecified atom stereocenters. The number of nitrogens with zero attached hydrogens (tertiary/aromatic N) is 1. The highest BCUT2D eigenvalue weighted by Gasteiger charge is 2.21. The SMILES string of the molecule is COC(=O)c1cc(C(=O)O[C@@H](C)C(N)=O)cc([N+](=O)[O-])c1. The third kappa shape index (κ3) is 4.00. The molecular weight excluding hydrogens is 284 g/mol. The van der Waals surface area contributed by atoms with Crippen molar-refractivity contribution < 1.29 is 28.8 Å². The van der Waals surface area contributed by atoms with Crippen LogP contribution in [0.1, 0.15) is 27.6 Å². The fourth-order valence-corrected chi connectivity index (χ4v) is 1.36. The number of methoxy groups -OCH3 is 1. The number of carbonyl (C=O) groups is 3. The lowest BCUT2D eigenvalue weighted by atomic mass is 10.1. The second-order valence-corrected chi connectivity index (χ2v) is 3.97. The zero-order chi connectivity index (χ0) is 16.2. The minimum atomic E-state index is -1.21. The molecule has 0 saturated heterocycles. The first-order chi connectivity index (χ1) is 9.76. The van der Waals surface area contributed by atoms with Crippen LogP contribution in [0.2, 0.25) is 0 Å². The second-order valence-electron chi connectivity index (χ2n) is 3.97. The molecule has 0 aliphatic heterocycles. The predicted molar refractivity (Wildman–Crippen MR) is 68.5 cm³/mol. The Morgan fingerprint density at radius 1 is 1.19 bits per heavy atom. The van der Waals surface area contributed by atoms with E-state index in [0.717, 1.165) is 25.3 Å². The van der Waals surface area contributed by atoms with Gasteiger partial charge in [-0.25, -0.2) is 9.59 Å². The highest BCUT2D eigenvalue weighted by atomic mass is 16.6. The quantitative estimate of drug-likeness (QED) is 0.471. The molecule has 0 saturated carbocycles. The smallest absolute Gasteiger partial charge is 0.339 e. The Morgan fingerprint density at radius 3 is 2.14 bits per heavy atom. The number of nitro benzene ring substituents is 1. The number of amides is 1. The lowest BCUT2D eigenvalue weighted by Gasteiger charge is -2.10. The third-order valence-corrected chi connectivity index (χ3v) is 2.47. The van der Waals surface area contributed by atoms with E-state index in [1.54, 1.807) is 0 Å². The van der Waals surface area contributed by atoms with Gasteiger partial charge in [0.15, 0.2) is 6.10 Å². The lowest BCUT2D eigenvalue weighted by Crippen LogP contribution is -2.30. The van der Waals surface area contributed by atoms with Crippen molar-refractivity contribution in [2.45, 2.75) is 13.0 Å². The summed E-state index contributed by atoms with van der Waals surface area (Å²) in [6.07, 6.45) is -1.21. The van der Waals surface area contributed by atoms with Crippen LogP contribution in [0.15, 0.2) is 18.2 Å². The fourth-order valence-electron chi connectivity index (χ4n) is 1.36. The topological polar surface area (TPSA) is 139 Å². The molecule has 21 heavy (non-hydrogen) atoms. The number of primary amides is 1. The van der Waals surface area contributed by atoms with E-state index in [1.807, 2.05) is 0 Å². The Hall–Kier alpha value is -2.97. The van der Waals surface area contributed by atoms with E-state index in [-0.39, 0.29) is 11.1 Å². The maximum Gasteiger partial charge on any atom is 0.339 e. The Balaban J connectivity index is 3.19. The molecule has 0 spiro atoms. The Labute approximate surface area is 118 Å². The average Bonchev–Trinajstić information content (AvgIpc) is 2.45. The van der Waals surface area contributed by atoms with Gasteiger partial charge in [0, 0.05) is 12.1 Å². The van der Waals surface area contributed by atoms with Crippen molar-refractivity contribution in [1.82, 2.24) is 0 Å². The van der Waals surface area contributed by atoms with Crippen LogP contribution in [-0.2, 0) is 14.3 Å². The first-order valence-electron chi connectivity index (χ1n) is 5.64. The molecular formula is C12H12N2O7. The third-order valence-electron chi connectivity index (χ3n) is 2.47. The van der Waals surface area contributed by atoms with Crippen molar-refractivity contribution in [1.29, 1.82) is 0 Å². The largest absolute Gasteiger partial charge is 0.465 e. The van der Waals surface area contributed by atoms with Gasteiger partial charge in [-0.1, -0.05) is 0 Å². The zero-order valence-electron chi connectivity index (χ0n) is 11.2. The lowest BCUT2D eigenvalue weighted by molar-refractivity contribution is -0.384. The molecule has 9 nitrogen and oxygen atoms in total. The van der Waals surface area contributed by atoms with E-state index < -0.39 is 34.6 Å². The van der Waals surface area contributed by atoms with Gasteiger partial charge >= 0.3 is 11.9 Å². The molecule has 0 aromatic heterocycles. The van der Waals surface area contributed by atoms with Crippen molar-refractivity contribution in [3.05, 3.63) is 39.4 Å². The number of benzene rings is 1. The van der Waals surface area contributed by atoms with Gasteiger partial charge in [-0.15, -0.1) is 0 Å². The predicted octanol–water partition coefficient (Wildman–Crippen LogP) is 0.412. The number of carbonyl (C=O) groups excluding carboxylic acids is 3. The zero-order valence-corrected chi connectivity index (χ0v) is 11.2. The molecule has 1 atom stereocenters. The maximum absolute atomic E-state index is 11.8. The summed E-state index contributed by atoms with van der Waals surface area (Å²) in [7, 11) is 1.09. The van der Waals surface area contributed by atoms with E-state index in [9.17, 15) is 24.5 Å². The second kappa shape index (κ2) is 6.46. The minimum absolute atomic E-state index is 0.189. The highest BCUT2D eigenvalue weighted by Crippen LogP contribution is 2.19. The van der Waals surface area contributed by atoms with Gasteiger partial charge in [-0.05, 0) is 13.0 Å². The minimum Gasteiger partial charge on any atom is -0.465 e. The summed E-state index contributed by atoms with van der Waals surface area (Å²) in [4.78, 5) is 44.1. The van der Waals surface area contributed by atoms with Crippen molar-refractivity contribution in [2.24, 2.45) is 5.73 Å². The van der Waals surface area contributed by atoms with Crippen molar-refractivity contribution in [3.8, 4) is 0 Å². The molecule has 0 heterocycles. The van der Waals surface area contributed by atoms with Gasteiger partial charge in [0.05, 0.1) is 23.2 Å². The van der Waals surface area contributed by atoms with Crippen LogP contribution in [0, 0.1) is 10.1 Å². The Bertz CT molecular complexity index is 612. The van der Waals surface area contributed by atoms with E-state index >= 15 is 0 Å². The molecule has 1 aromatic carbocycles. The molecule has 1 rings (SSSR count).